The second-order valence-electron chi connectivity index (χ2n) is 9.46. The lowest BCUT2D eigenvalue weighted by Crippen LogP contribution is -2.37. The van der Waals surface area contributed by atoms with E-state index in [0.29, 0.717) is 47.7 Å². The predicted molar refractivity (Wildman–Crippen MR) is 146 cm³/mol. The summed E-state index contributed by atoms with van der Waals surface area (Å²) in [5.74, 6) is 0.655. The number of hydrogen-bond donors (Lipinski definition) is 2. The summed E-state index contributed by atoms with van der Waals surface area (Å²) in [4.78, 5) is 31.7. The fourth-order valence-corrected chi connectivity index (χ4v) is 5.40. The van der Waals surface area contributed by atoms with E-state index in [9.17, 15) is 9.59 Å². The Labute approximate surface area is 222 Å². The highest BCUT2D eigenvalue weighted by Gasteiger charge is 2.42. The first-order chi connectivity index (χ1) is 18.5. The van der Waals surface area contributed by atoms with Gasteiger partial charge in [0, 0.05) is 40.7 Å². The molecule has 38 heavy (non-hydrogen) atoms. The second kappa shape index (κ2) is 10.9. The van der Waals surface area contributed by atoms with Gasteiger partial charge in [0.1, 0.15) is 11.5 Å². The molecule has 1 aromatic heterocycles. The van der Waals surface area contributed by atoms with Crippen LogP contribution in [0.2, 0.25) is 0 Å². The number of aromatic nitrogens is 1. The van der Waals surface area contributed by atoms with Gasteiger partial charge in [-0.2, -0.15) is 0 Å². The molecule has 2 atom stereocenters. The summed E-state index contributed by atoms with van der Waals surface area (Å²) in [6.07, 6.45) is 4.27. The Morgan fingerprint density at radius 3 is 2.58 bits per heavy atom. The Hall–Kier alpha value is -4.39. The van der Waals surface area contributed by atoms with E-state index < -0.39 is 5.92 Å². The van der Waals surface area contributed by atoms with Crippen molar-refractivity contribution in [2.75, 3.05) is 19.0 Å². The highest BCUT2D eigenvalue weighted by atomic mass is 16.5. The maximum Gasteiger partial charge on any atom is 0.254 e. The van der Waals surface area contributed by atoms with E-state index in [1.807, 2.05) is 62.4 Å². The maximum atomic E-state index is 13.9. The molecule has 3 aromatic rings. The number of ketones is 1. The van der Waals surface area contributed by atoms with Crippen molar-refractivity contribution in [2.24, 2.45) is 0 Å². The lowest BCUT2D eigenvalue weighted by molar-refractivity contribution is -0.116. The molecule has 2 aliphatic rings. The molecule has 5 rings (SSSR count). The van der Waals surface area contributed by atoms with Gasteiger partial charge < -0.3 is 20.1 Å². The average Bonchev–Trinajstić information content (AvgIpc) is 2.93. The van der Waals surface area contributed by atoms with Crippen molar-refractivity contribution < 1.29 is 19.1 Å². The predicted octanol–water partition coefficient (Wildman–Crippen LogP) is 5.49. The number of amides is 1. The summed E-state index contributed by atoms with van der Waals surface area (Å²) < 4.78 is 11.3. The third kappa shape index (κ3) is 4.92. The summed E-state index contributed by atoms with van der Waals surface area (Å²) in [6, 6.07) is 19.1. The van der Waals surface area contributed by atoms with E-state index in [1.54, 1.807) is 31.6 Å². The molecule has 1 aliphatic heterocycles. The van der Waals surface area contributed by atoms with Gasteiger partial charge in [0.05, 0.1) is 31.5 Å². The van der Waals surface area contributed by atoms with Crippen LogP contribution in [0, 0.1) is 0 Å². The molecule has 0 saturated heterocycles. The number of nitrogens with one attached hydrogen (secondary N) is 2. The molecular formula is C31H31N3O4. The number of carbonyl (C=O) groups excluding carboxylic acids is 2. The number of methoxy groups -OCH3 is 1. The minimum absolute atomic E-state index is 0.0232. The molecule has 2 N–H and O–H groups in total. The zero-order valence-electron chi connectivity index (χ0n) is 21.8. The van der Waals surface area contributed by atoms with Crippen LogP contribution in [0.25, 0.3) is 0 Å². The largest absolute Gasteiger partial charge is 0.497 e. The van der Waals surface area contributed by atoms with Crippen molar-refractivity contribution >= 4 is 17.4 Å². The Kier molecular flexibility index (Phi) is 7.26. The van der Waals surface area contributed by atoms with Crippen LogP contribution in [0.3, 0.4) is 0 Å². The topological polar surface area (TPSA) is 89.5 Å². The third-order valence-corrected chi connectivity index (χ3v) is 7.11. The Balaban J connectivity index is 1.58. The molecule has 7 nitrogen and oxygen atoms in total. The average molecular weight is 510 g/mol. The normalized spacial score (nSPS) is 19.0. The molecule has 0 radical (unpaired) electrons. The number of anilines is 1. The number of pyridine rings is 1. The minimum atomic E-state index is -0.560. The van der Waals surface area contributed by atoms with E-state index in [1.165, 1.54) is 0 Å². The van der Waals surface area contributed by atoms with Crippen LogP contribution < -0.4 is 20.1 Å². The highest BCUT2D eigenvalue weighted by molar-refractivity contribution is 6.10. The third-order valence-electron chi connectivity index (χ3n) is 7.11. The van der Waals surface area contributed by atoms with Gasteiger partial charge in [-0.15, -0.1) is 0 Å². The molecule has 0 saturated carbocycles. The number of dihydropyridines is 1. The van der Waals surface area contributed by atoms with Crippen LogP contribution >= 0.6 is 0 Å². The first kappa shape index (κ1) is 25.3. The van der Waals surface area contributed by atoms with Gasteiger partial charge in [0.15, 0.2) is 5.78 Å². The molecule has 7 heteroatoms. The Morgan fingerprint density at radius 2 is 1.87 bits per heavy atom. The van der Waals surface area contributed by atoms with Crippen LogP contribution in [0.1, 0.15) is 49.7 Å². The fourth-order valence-electron chi connectivity index (χ4n) is 5.40. The minimum Gasteiger partial charge on any atom is -0.497 e. The lowest BCUT2D eigenvalue weighted by Gasteiger charge is -2.37. The Bertz CT molecular complexity index is 1410. The van der Waals surface area contributed by atoms with E-state index in [4.69, 9.17) is 9.47 Å². The highest BCUT2D eigenvalue weighted by Crippen LogP contribution is 2.47. The smallest absolute Gasteiger partial charge is 0.254 e. The SMILES string of the molecule is CCOc1ccccc1C1C(C(=O)Nc2cccnc2)=C(C)NC2=C1C(=O)CC(c1ccc(OC)cc1)C2. The molecule has 2 unspecified atom stereocenters. The summed E-state index contributed by atoms with van der Waals surface area (Å²) in [5, 5.41) is 6.40. The van der Waals surface area contributed by atoms with Gasteiger partial charge >= 0.3 is 0 Å². The number of para-hydroxylation sites is 1. The summed E-state index contributed by atoms with van der Waals surface area (Å²) in [6.45, 7) is 4.28. The summed E-state index contributed by atoms with van der Waals surface area (Å²) in [5.41, 5.74) is 5.16. The van der Waals surface area contributed by atoms with Crippen molar-refractivity contribution in [3.05, 3.63) is 107 Å². The molecule has 2 heterocycles. The number of benzene rings is 2. The molecular weight excluding hydrogens is 478 g/mol. The first-order valence-electron chi connectivity index (χ1n) is 12.8. The molecule has 0 fully saturated rings. The van der Waals surface area contributed by atoms with Crippen LogP contribution in [0.15, 0.2) is 95.6 Å². The molecule has 0 spiro atoms. The number of Topliss-reactive ketones (excluding diaryl/α,β-unsaturated/α-hetero) is 1. The standard InChI is InChI=1S/C31H31N3O4/c1-4-38-27-10-6-5-9-24(27)29-28(31(36)34-22-8-7-15-32-18-22)19(2)33-25-16-21(17-26(35)30(25)29)20-11-13-23(37-3)14-12-20/h5-15,18,21,29,33H,4,16-17H2,1-3H3,(H,34,36). The van der Waals surface area contributed by atoms with Crippen molar-refractivity contribution in [3.8, 4) is 11.5 Å². The van der Waals surface area contributed by atoms with E-state index >= 15 is 0 Å². The number of ether oxygens (including phenoxy) is 2. The molecule has 194 valence electrons. The van der Waals surface area contributed by atoms with Gasteiger partial charge in [-0.1, -0.05) is 30.3 Å². The number of allylic oxidation sites excluding steroid dienone is 3. The van der Waals surface area contributed by atoms with Crippen LogP contribution in [-0.2, 0) is 9.59 Å². The fraction of sp³-hybridized carbons (Fsp3) is 0.258. The van der Waals surface area contributed by atoms with Gasteiger partial charge in [-0.05, 0) is 62.1 Å². The van der Waals surface area contributed by atoms with E-state index in [-0.39, 0.29) is 17.6 Å². The zero-order chi connectivity index (χ0) is 26.6. The molecule has 1 amide bonds. The zero-order valence-corrected chi connectivity index (χ0v) is 21.8. The second-order valence-corrected chi connectivity index (χ2v) is 9.46. The summed E-state index contributed by atoms with van der Waals surface area (Å²) in [7, 11) is 1.64. The molecule has 1 aliphatic carbocycles. The van der Waals surface area contributed by atoms with E-state index in [0.717, 1.165) is 22.6 Å². The van der Waals surface area contributed by atoms with E-state index in [2.05, 4.69) is 15.6 Å². The van der Waals surface area contributed by atoms with Gasteiger partial charge in [0.25, 0.3) is 5.91 Å². The van der Waals surface area contributed by atoms with Gasteiger partial charge in [-0.3, -0.25) is 14.6 Å². The summed E-state index contributed by atoms with van der Waals surface area (Å²) >= 11 is 0. The molecule has 0 bridgehead atoms. The quantitative estimate of drug-likeness (QED) is 0.438. The lowest BCUT2D eigenvalue weighted by atomic mass is 9.71. The van der Waals surface area contributed by atoms with Crippen LogP contribution in [0.4, 0.5) is 5.69 Å². The number of nitrogens with zero attached hydrogens (tertiary/aromatic N) is 1. The van der Waals surface area contributed by atoms with Crippen molar-refractivity contribution in [3.63, 3.8) is 0 Å². The van der Waals surface area contributed by atoms with Gasteiger partial charge in [-0.25, -0.2) is 0 Å². The van der Waals surface area contributed by atoms with Crippen molar-refractivity contribution in [1.29, 1.82) is 0 Å². The number of hydrogen-bond acceptors (Lipinski definition) is 6. The monoisotopic (exact) mass is 509 g/mol. The van der Waals surface area contributed by atoms with Gasteiger partial charge in [0.2, 0.25) is 0 Å². The first-order valence-corrected chi connectivity index (χ1v) is 12.8. The van der Waals surface area contributed by atoms with Crippen LogP contribution in [0.5, 0.6) is 11.5 Å². The van der Waals surface area contributed by atoms with Crippen molar-refractivity contribution in [1.82, 2.24) is 10.3 Å². The van der Waals surface area contributed by atoms with Crippen LogP contribution in [-0.4, -0.2) is 30.4 Å². The molecule has 2 aromatic carbocycles. The number of rotatable bonds is 7. The number of carbonyl (C=O) groups is 2. The van der Waals surface area contributed by atoms with Crippen molar-refractivity contribution in [2.45, 2.75) is 38.5 Å². The maximum absolute atomic E-state index is 13.9. The Morgan fingerprint density at radius 1 is 1.08 bits per heavy atom.